The Kier molecular flexibility index (Phi) is 7.45. The van der Waals surface area contributed by atoms with Crippen molar-refractivity contribution >= 4 is 6.08 Å². The van der Waals surface area contributed by atoms with E-state index in [4.69, 9.17) is 0 Å². The molecule has 2 N–H and O–H groups in total. The van der Waals surface area contributed by atoms with E-state index in [1.54, 1.807) is 43.3 Å². The molecule has 0 aliphatic heterocycles. The molecular formula is C28H29F3O2. The van der Waals surface area contributed by atoms with Crippen LogP contribution in [0.2, 0.25) is 0 Å². The predicted molar refractivity (Wildman–Crippen MR) is 126 cm³/mol. The zero-order valence-corrected chi connectivity index (χ0v) is 19.0. The molecule has 3 rings (SSSR count). The molecule has 0 saturated heterocycles. The van der Waals surface area contributed by atoms with E-state index in [1.165, 1.54) is 24.3 Å². The monoisotopic (exact) mass is 454 g/mol. The van der Waals surface area contributed by atoms with E-state index in [0.717, 1.165) is 11.1 Å². The van der Waals surface area contributed by atoms with Crippen molar-refractivity contribution in [1.82, 2.24) is 0 Å². The molecule has 0 aliphatic carbocycles. The number of aryl methyl sites for hydroxylation is 3. The van der Waals surface area contributed by atoms with Crippen molar-refractivity contribution in [2.75, 3.05) is 0 Å². The molecule has 33 heavy (non-hydrogen) atoms. The molecule has 3 aromatic carbocycles. The van der Waals surface area contributed by atoms with Gasteiger partial charge in [-0.15, -0.1) is 0 Å². The van der Waals surface area contributed by atoms with Crippen molar-refractivity contribution in [3.63, 3.8) is 0 Å². The number of hydrogen-bond acceptors (Lipinski definition) is 2. The quantitative estimate of drug-likeness (QED) is 0.405. The van der Waals surface area contributed by atoms with Gasteiger partial charge in [0.05, 0.1) is 6.10 Å². The number of rotatable bonds is 7. The molecule has 0 aromatic heterocycles. The SMILES string of the molecule is Cc1cccc(/C=C(/CC[C@@H](O)c2cccc(C)c2)[C@](O)(c2cccc(C)c2)C(F)(F)F)c1. The third-order valence-corrected chi connectivity index (χ3v) is 5.81. The Balaban J connectivity index is 2.08. The highest BCUT2D eigenvalue weighted by atomic mass is 19.4. The maximum Gasteiger partial charge on any atom is 0.425 e. The van der Waals surface area contributed by atoms with Gasteiger partial charge in [0.25, 0.3) is 0 Å². The lowest BCUT2D eigenvalue weighted by Crippen LogP contribution is -2.44. The maximum absolute atomic E-state index is 14.5. The van der Waals surface area contributed by atoms with E-state index in [2.05, 4.69) is 0 Å². The Morgan fingerprint density at radius 2 is 1.42 bits per heavy atom. The largest absolute Gasteiger partial charge is 0.425 e. The van der Waals surface area contributed by atoms with E-state index in [9.17, 15) is 23.4 Å². The van der Waals surface area contributed by atoms with Gasteiger partial charge in [-0.05, 0) is 55.9 Å². The average Bonchev–Trinajstić information content (AvgIpc) is 2.75. The van der Waals surface area contributed by atoms with Crippen molar-refractivity contribution in [2.24, 2.45) is 0 Å². The first kappa shape index (κ1) is 24.7. The Labute approximate surface area is 193 Å². The van der Waals surface area contributed by atoms with Crippen LogP contribution in [0.1, 0.15) is 52.3 Å². The van der Waals surface area contributed by atoms with Crippen molar-refractivity contribution in [2.45, 2.75) is 51.5 Å². The van der Waals surface area contributed by atoms with E-state index in [1.807, 2.05) is 32.0 Å². The lowest BCUT2D eigenvalue weighted by molar-refractivity contribution is -0.250. The molecule has 2 atom stereocenters. The van der Waals surface area contributed by atoms with Gasteiger partial charge in [-0.3, -0.25) is 0 Å². The van der Waals surface area contributed by atoms with Crippen LogP contribution >= 0.6 is 0 Å². The molecule has 0 aliphatic rings. The zero-order chi connectivity index (χ0) is 24.2. The van der Waals surface area contributed by atoms with Crippen LogP contribution in [0.25, 0.3) is 6.08 Å². The third kappa shape index (κ3) is 5.73. The fourth-order valence-electron chi connectivity index (χ4n) is 4.06. The van der Waals surface area contributed by atoms with Crippen LogP contribution in [-0.2, 0) is 5.60 Å². The van der Waals surface area contributed by atoms with Crippen molar-refractivity contribution < 1.29 is 23.4 Å². The standard InChI is InChI=1S/C28H29F3O2/c1-19-7-4-10-22(15-19)18-25(13-14-26(32)23-11-5-8-20(2)16-23)27(33,28(29,30)31)24-12-6-9-21(3)17-24/h4-12,15-18,26,32-33H,13-14H2,1-3H3/b25-18-/t26-,27-/m1/s1. The topological polar surface area (TPSA) is 40.5 Å². The van der Waals surface area contributed by atoms with Gasteiger partial charge >= 0.3 is 6.18 Å². The first-order valence-corrected chi connectivity index (χ1v) is 10.9. The lowest BCUT2D eigenvalue weighted by Gasteiger charge is -2.34. The molecule has 5 heteroatoms. The zero-order valence-electron chi connectivity index (χ0n) is 19.0. The highest BCUT2D eigenvalue weighted by molar-refractivity contribution is 5.58. The van der Waals surface area contributed by atoms with Gasteiger partial charge < -0.3 is 10.2 Å². The smallest absolute Gasteiger partial charge is 0.388 e. The molecule has 0 amide bonds. The number of halogens is 3. The number of aliphatic hydroxyl groups is 2. The minimum atomic E-state index is -4.95. The van der Waals surface area contributed by atoms with Crippen LogP contribution in [0.15, 0.2) is 78.4 Å². The van der Waals surface area contributed by atoms with Crippen LogP contribution in [-0.4, -0.2) is 16.4 Å². The van der Waals surface area contributed by atoms with E-state index < -0.39 is 17.9 Å². The number of aliphatic hydroxyl groups excluding tert-OH is 1. The normalized spacial score (nSPS) is 15.2. The second kappa shape index (κ2) is 9.94. The van der Waals surface area contributed by atoms with Gasteiger partial charge in [0.2, 0.25) is 5.60 Å². The second-order valence-corrected chi connectivity index (χ2v) is 8.63. The molecular weight excluding hydrogens is 425 g/mol. The summed E-state index contributed by atoms with van der Waals surface area (Å²) in [5, 5.41) is 22.0. The molecule has 0 fully saturated rings. The summed E-state index contributed by atoms with van der Waals surface area (Å²) in [5.41, 5.74) is 0.0282. The van der Waals surface area contributed by atoms with Crippen LogP contribution in [0.3, 0.4) is 0 Å². The first-order chi connectivity index (χ1) is 15.5. The number of hydrogen-bond donors (Lipinski definition) is 2. The maximum atomic E-state index is 14.5. The molecule has 174 valence electrons. The minimum absolute atomic E-state index is 0.0330. The minimum Gasteiger partial charge on any atom is -0.388 e. The predicted octanol–water partition coefficient (Wildman–Crippen LogP) is 6.96. The van der Waals surface area contributed by atoms with Gasteiger partial charge in [0, 0.05) is 0 Å². The van der Waals surface area contributed by atoms with Gasteiger partial charge in [0.1, 0.15) is 0 Å². The number of benzene rings is 3. The lowest BCUT2D eigenvalue weighted by atomic mass is 9.80. The van der Waals surface area contributed by atoms with Crippen LogP contribution in [0.5, 0.6) is 0 Å². The Bertz CT molecular complexity index is 1130. The van der Waals surface area contributed by atoms with Crippen molar-refractivity contribution in [3.05, 3.63) is 112 Å². The highest BCUT2D eigenvalue weighted by Gasteiger charge is 2.57. The summed E-state index contributed by atoms with van der Waals surface area (Å²) < 4.78 is 43.5. The molecule has 0 radical (unpaired) electrons. The first-order valence-electron chi connectivity index (χ1n) is 10.9. The molecule has 2 nitrogen and oxygen atoms in total. The van der Waals surface area contributed by atoms with Crippen LogP contribution < -0.4 is 0 Å². The summed E-state index contributed by atoms with van der Waals surface area (Å²) in [6, 6.07) is 20.2. The molecule has 0 unspecified atom stereocenters. The fourth-order valence-corrected chi connectivity index (χ4v) is 4.06. The summed E-state index contributed by atoms with van der Waals surface area (Å²) in [6.45, 7) is 5.43. The van der Waals surface area contributed by atoms with Crippen molar-refractivity contribution in [3.8, 4) is 0 Å². The summed E-state index contributed by atoms with van der Waals surface area (Å²) in [6.07, 6.45) is -4.63. The summed E-state index contributed by atoms with van der Waals surface area (Å²) in [7, 11) is 0. The Morgan fingerprint density at radius 1 is 0.848 bits per heavy atom. The molecule has 0 heterocycles. The van der Waals surface area contributed by atoms with E-state index >= 15 is 0 Å². The third-order valence-electron chi connectivity index (χ3n) is 5.81. The summed E-state index contributed by atoms with van der Waals surface area (Å²) in [5.74, 6) is 0. The van der Waals surface area contributed by atoms with Gasteiger partial charge in [0.15, 0.2) is 0 Å². The second-order valence-electron chi connectivity index (χ2n) is 8.63. The van der Waals surface area contributed by atoms with Gasteiger partial charge in [-0.1, -0.05) is 95.6 Å². The fraction of sp³-hybridized carbons (Fsp3) is 0.286. The van der Waals surface area contributed by atoms with Crippen molar-refractivity contribution in [1.29, 1.82) is 0 Å². The Hall–Kier alpha value is -2.89. The van der Waals surface area contributed by atoms with Gasteiger partial charge in [-0.2, -0.15) is 13.2 Å². The summed E-state index contributed by atoms with van der Waals surface area (Å²) in [4.78, 5) is 0. The van der Waals surface area contributed by atoms with Crippen LogP contribution in [0.4, 0.5) is 13.2 Å². The molecule has 3 aromatic rings. The molecule has 0 saturated carbocycles. The average molecular weight is 455 g/mol. The highest BCUT2D eigenvalue weighted by Crippen LogP contribution is 2.47. The molecule has 0 bridgehead atoms. The van der Waals surface area contributed by atoms with Crippen LogP contribution in [0, 0.1) is 20.8 Å². The number of alkyl halides is 3. The molecule has 0 spiro atoms. The van der Waals surface area contributed by atoms with E-state index in [-0.39, 0.29) is 24.0 Å². The van der Waals surface area contributed by atoms with E-state index in [0.29, 0.717) is 16.7 Å². The Morgan fingerprint density at radius 3 is 2.00 bits per heavy atom. The summed E-state index contributed by atoms with van der Waals surface area (Å²) >= 11 is 0. The van der Waals surface area contributed by atoms with Gasteiger partial charge in [-0.25, -0.2) is 0 Å².